The van der Waals surface area contributed by atoms with Gasteiger partial charge in [-0.15, -0.1) is 5.10 Å². The molecule has 1 aromatic carbocycles. The normalized spacial score (nSPS) is 10.9. The molecule has 2 aromatic heterocycles. The van der Waals surface area contributed by atoms with Crippen LogP contribution in [-0.2, 0) is 11.2 Å². The van der Waals surface area contributed by atoms with Crippen LogP contribution in [0.25, 0.3) is 5.78 Å². The van der Waals surface area contributed by atoms with Gasteiger partial charge in [0, 0.05) is 22.0 Å². The Kier molecular flexibility index (Phi) is 5.10. The summed E-state index contributed by atoms with van der Waals surface area (Å²) in [6.07, 6.45) is 2.09. The number of carbonyl (C=O) groups excluding carboxylic acids is 1. The minimum absolute atomic E-state index is 0.183. The summed E-state index contributed by atoms with van der Waals surface area (Å²) in [5.41, 5.74) is 8.68. The van der Waals surface area contributed by atoms with E-state index in [0.29, 0.717) is 21.6 Å². The highest BCUT2D eigenvalue weighted by molar-refractivity contribution is 7.98. The van der Waals surface area contributed by atoms with Crippen molar-refractivity contribution in [2.75, 3.05) is 11.7 Å². The number of aromatic nitrogens is 4. The lowest BCUT2D eigenvalue weighted by Gasteiger charge is -2.12. The van der Waals surface area contributed by atoms with Gasteiger partial charge in [-0.2, -0.15) is 4.98 Å². The fourth-order valence-corrected chi connectivity index (χ4v) is 2.97. The number of fused-ring (bicyclic) bond motifs is 1. The third-order valence-electron chi connectivity index (χ3n) is 3.72. The maximum atomic E-state index is 12.3. The second kappa shape index (κ2) is 7.28. The van der Waals surface area contributed by atoms with Gasteiger partial charge in [0.05, 0.1) is 12.1 Å². The van der Waals surface area contributed by atoms with Gasteiger partial charge in [0.15, 0.2) is 0 Å². The fraction of sp³-hybridized carbons (Fsp3) is 0.250. The number of anilines is 1. The third-order valence-corrected chi connectivity index (χ3v) is 4.49. The van der Waals surface area contributed by atoms with E-state index in [1.165, 1.54) is 11.8 Å². The Morgan fingerprint density at radius 1 is 1.32 bits per heavy atom. The maximum absolute atomic E-state index is 12.3. The first kappa shape index (κ1) is 17.5. The number of hydrogen-bond donors (Lipinski definition) is 2. The largest absolute Gasteiger partial charge is 0.299 e. The molecule has 0 aliphatic heterocycles. The highest BCUT2D eigenvalue weighted by Crippen LogP contribution is 2.17. The molecule has 3 aromatic rings. The molecular formula is C16H17ClN6OS. The fourth-order valence-electron chi connectivity index (χ4n) is 2.45. The molecule has 7 nitrogen and oxygen atoms in total. The molecule has 2 N–H and O–H groups in total. The quantitative estimate of drug-likeness (QED) is 0.526. The number of benzene rings is 1. The Balaban J connectivity index is 1.76. The lowest BCUT2D eigenvalue weighted by atomic mass is 10.1. The minimum atomic E-state index is -0.183. The van der Waals surface area contributed by atoms with E-state index < -0.39 is 0 Å². The van der Waals surface area contributed by atoms with Gasteiger partial charge in [-0.1, -0.05) is 29.4 Å². The zero-order valence-corrected chi connectivity index (χ0v) is 15.6. The zero-order valence-electron chi connectivity index (χ0n) is 14.0. The van der Waals surface area contributed by atoms with Crippen molar-refractivity contribution < 1.29 is 4.79 Å². The molecule has 1 amide bonds. The van der Waals surface area contributed by atoms with Crippen molar-refractivity contribution in [3.8, 4) is 0 Å². The third kappa shape index (κ3) is 3.85. The molecule has 0 saturated carbocycles. The van der Waals surface area contributed by atoms with Crippen molar-refractivity contribution in [1.29, 1.82) is 0 Å². The molecule has 0 saturated heterocycles. The van der Waals surface area contributed by atoms with Crippen molar-refractivity contribution in [3.63, 3.8) is 0 Å². The van der Waals surface area contributed by atoms with E-state index in [1.54, 1.807) is 22.7 Å². The van der Waals surface area contributed by atoms with Crippen LogP contribution >= 0.6 is 23.4 Å². The first-order valence-electron chi connectivity index (χ1n) is 7.55. The Hall–Kier alpha value is -2.32. The van der Waals surface area contributed by atoms with E-state index in [0.717, 1.165) is 17.0 Å². The van der Waals surface area contributed by atoms with Crippen molar-refractivity contribution >= 4 is 40.7 Å². The Labute approximate surface area is 154 Å². The number of thioether (sulfide) groups is 1. The van der Waals surface area contributed by atoms with Gasteiger partial charge in [0.25, 0.3) is 5.78 Å². The first-order valence-corrected chi connectivity index (χ1v) is 9.15. The van der Waals surface area contributed by atoms with E-state index in [4.69, 9.17) is 11.6 Å². The molecule has 130 valence electrons. The zero-order chi connectivity index (χ0) is 18.0. The van der Waals surface area contributed by atoms with E-state index in [2.05, 4.69) is 25.9 Å². The summed E-state index contributed by atoms with van der Waals surface area (Å²) >= 11 is 7.38. The molecule has 0 radical (unpaired) electrons. The van der Waals surface area contributed by atoms with Crippen LogP contribution in [0, 0.1) is 13.8 Å². The van der Waals surface area contributed by atoms with Gasteiger partial charge in [-0.25, -0.2) is 9.50 Å². The summed E-state index contributed by atoms with van der Waals surface area (Å²) in [4.78, 5) is 21.1. The predicted molar refractivity (Wildman–Crippen MR) is 99.0 cm³/mol. The Bertz CT molecular complexity index is 942. The molecule has 25 heavy (non-hydrogen) atoms. The van der Waals surface area contributed by atoms with E-state index >= 15 is 0 Å². The van der Waals surface area contributed by atoms with Crippen LogP contribution in [0.3, 0.4) is 0 Å². The van der Waals surface area contributed by atoms with Crippen molar-refractivity contribution in [3.05, 3.63) is 46.2 Å². The highest BCUT2D eigenvalue weighted by Gasteiger charge is 2.15. The van der Waals surface area contributed by atoms with Crippen LogP contribution in [0.5, 0.6) is 0 Å². The van der Waals surface area contributed by atoms with E-state index in [9.17, 15) is 4.79 Å². The van der Waals surface area contributed by atoms with Gasteiger partial charge in [0.2, 0.25) is 11.1 Å². The molecule has 9 heteroatoms. The second-order valence-corrected chi connectivity index (χ2v) is 6.64. The number of halogens is 1. The van der Waals surface area contributed by atoms with Crippen LogP contribution in [0.1, 0.15) is 17.0 Å². The smallest absolute Gasteiger partial charge is 0.253 e. The summed E-state index contributed by atoms with van der Waals surface area (Å²) in [7, 11) is 0. The summed E-state index contributed by atoms with van der Waals surface area (Å²) in [5.74, 6) is 0.359. The Morgan fingerprint density at radius 3 is 2.84 bits per heavy atom. The number of aryl methyl sites for hydroxylation is 2. The predicted octanol–water partition coefficient (Wildman–Crippen LogP) is 2.80. The molecule has 0 spiro atoms. The number of hydrazine groups is 1. The number of hydrogen-bond acceptors (Lipinski definition) is 6. The molecule has 2 heterocycles. The lowest BCUT2D eigenvalue weighted by molar-refractivity contribution is -0.120. The van der Waals surface area contributed by atoms with Gasteiger partial charge in [-0.05, 0) is 38.3 Å². The van der Waals surface area contributed by atoms with Crippen LogP contribution < -0.4 is 10.9 Å². The first-order chi connectivity index (χ1) is 12.0. The average molecular weight is 377 g/mol. The topological polar surface area (TPSA) is 84.2 Å². The lowest BCUT2D eigenvalue weighted by Crippen LogP contribution is -2.31. The molecule has 3 rings (SSSR count). The van der Waals surface area contributed by atoms with E-state index in [1.807, 2.05) is 26.2 Å². The van der Waals surface area contributed by atoms with Crippen LogP contribution in [-0.4, -0.2) is 31.7 Å². The molecular weight excluding hydrogens is 360 g/mol. The van der Waals surface area contributed by atoms with E-state index in [-0.39, 0.29) is 12.3 Å². The van der Waals surface area contributed by atoms with Crippen LogP contribution in [0.2, 0.25) is 5.02 Å². The summed E-state index contributed by atoms with van der Waals surface area (Å²) < 4.78 is 1.67. The molecule has 0 unspecified atom stereocenters. The van der Waals surface area contributed by atoms with Crippen LogP contribution in [0.15, 0.2) is 29.4 Å². The molecule has 0 bridgehead atoms. The monoisotopic (exact) mass is 376 g/mol. The van der Waals surface area contributed by atoms with Gasteiger partial charge < -0.3 is 0 Å². The number of carbonyl (C=O) groups is 1. The number of rotatable bonds is 5. The molecule has 0 aliphatic carbocycles. The van der Waals surface area contributed by atoms with Crippen molar-refractivity contribution in [1.82, 2.24) is 25.0 Å². The average Bonchev–Trinajstić information content (AvgIpc) is 3.00. The van der Waals surface area contributed by atoms with Crippen molar-refractivity contribution in [2.24, 2.45) is 0 Å². The second-order valence-electron chi connectivity index (χ2n) is 5.43. The maximum Gasteiger partial charge on any atom is 0.253 e. The summed E-state index contributed by atoms with van der Waals surface area (Å²) in [6, 6.07) is 7.11. The standard InChI is InChI=1S/C16H17ClN6OS/c1-9-13(10(2)23-15(18-9)19-16(22-23)25-3)8-14(24)21-20-12-6-4-5-11(17)7-12/h4-7,20H,8H2,1-3H3,(H,21,24). The SMILES string of the molecule is CSc1nc2nc(C)c(CC(=O)NNc3cccc(Cl)c3)c(C)n2n1. The molecule has 0 atom stereocenters. The minimum Gasteiger partial charge on any atom is -0.299 e. The molecule has 0 fully saturated rings. The highest BCUT2D eigenvalue weighted by atomic mass is 35.5. The van der Waals surface area contributed by atoms with Gasteiger partial charge in [-0.3, -0.25) is 15.6 Å². The number of nitrogens with one attached hydrogen (secondary N) is 2. The summed E-state index contributed by atoms with van der Waals surface area (Å²) in [6.45, 7) is 3.78. The van der Waals surface area contributed by atoms with Crippen molar-refractivity contribution in [2.45, 2.75) is 25.4 Å². The Morgan fingerprint density at radius 2 is 2.12 bits per heavy atom. The number of amides is 1. The molecule has 0 aliphatic rings. The van der Waals surface area contributed by atoms with Gasteiger partial charge in [0.1, 0.15) is 0 Å². The van der Waals surface area contributed by atoms with Gasteiger partial charge >= 0.3 is 0 Å². The summed E-state index contributed by atoms with van der Waals surface area (Å²) in [5, 5.41) is 5.63. The number of nitrogens with zero attached hydrogens (tertiary/aromatic N) is 4. The van der Waals surface area contributed by atoms with Crippen LogP contribution in [0.4, 0.5) is 5.69 Å².